The van der Waals surface area contributed by atoms with E-state index in [-0.39, 0.29) is 36.6 Å². The number of hydrogen-bond donors (Lipinski definition) is 3. The maximum atomic E-state index is 13.8. The maximum Gasteiger partial charge on any atom is 0.248 e. The fraction of sp³-hybridized carbons (Fsp3) is 0.615. The summed E-state index contributed by atoms with van der Waals surface area (Å²) in [6.45, 7) is 6.05. The molecule has 3 N–H and O–H groups in total. The highest BCUT2D eigenvalue weighted by molar-refractivity contribution is 7.93. The molecule has 12 heteroatoms. The summed E-state index contributed by atoms with van der Waals surface area (Å²) in [5.74, 6) is -0.254. The van der Waals surface area contributed by atoms with Gasteiger partial charge in [0.05, 0.1) is 17.0 Å². The summed E-state index contributed by atoms with van der Waals surface area (Å²) in [5.41, 5.74) is 1.54. The molecule has 0 unspecified atom stereocenters. The fourth-order valence-electron chi connectivity index (χ4n) is 5.00. The van der Waals surface area contributed by atoms with Crippen molar-refractivity contribution in [2.75, 3.05) is 11.3 Å². The molecule has 206 valence electrons. The first-order valence-corrected chi connectivity index (χ1v) is 14.8. The Kier molecular flexibility index (Phi) is 6.97. The summed E-state index contributed by atoms with van der Waals surface area (Å²) < 4.78 is 28.7. The average Bonchev–Trinajstić information content (AvgIpc) is 3.77. The monoisotopic (exact) mass is 544 g/mol. The van der Waals surface area contributed by atoms with Crippen LogP contribution in [0.25, 0.3) is 0 Å². The Hall–Kier alpha value is -2.99. The third-order valence-electron chi connectivity index (χ3n) is 7.32. The van der Waals surface area contributed by atoms with Crippen molar-refractivity contribution in [2.45, 2.75) is 88.8 Å². The number of aliphatic hydroxyl groups is 1. The number of anilines is 1. The van der Waals surface area contributed by atoms with Gasteiger partial charge in [-0.15, -0.1) is 5.10 Å². The molecule has 3 fully saturated rings. The Morgan fingerprint density at radius 1 is 1.18 bits per heavy atom. The van der Waals surface area contributed by atoms with Crippen LogP contribution in [-0.4, -0.2) is 69.2 Å². The van der Waals surface area contributed by atoms with Crippen molar-refractivity contribution in [3.05, 3.63) is 41.7 Å². The first kappa shape index (κ1) is 26.6. The molecule has 1 aliphatic heterocycles. The van der Waals surface area contributed by atoms with Crippen LogP contribution in [0.2, 0.25) is 0 Å². The number of likely N-dealkylation sites (tertiary alicyclic amines) is 1. The second-order valence-electron chi connectivity index (χ2n) is 11.8. The van der Waals surface area contributed by atoms with Crippen molar-refractivity contribution in [3.63, 3.8) is 0 Å². The van der Waals surface area contributed by atoms with E-state index in [1.807, 2.05) is 27.0 Å². The van der Waals surface area contributed by atoms with E-state index in [4.69, 9.17) is 0 Å². The first-order valence-electron chi connectivity index (χ1n) is 13.2. The van der Waals surface area contributed by atoms with Crippen LogP contribution < -0.4 is 10.0 Å². The van der Waals surface area contributed by atoms with Gasteiger partial charge < -0.3 is 15.3 Å². The third-order valence-corrected chi connectivity index (χ3v) is 9.19. The van der Waals surface area contributed by atoms with Crippen LogP contribution in [-0.2, 0) is 26.2 Å². The lowest BCUT2D eigenvalue weighted by molar-refractivity contribution is -0.144. The van der Waals surface area contributed by atoms with Gasteiger partial charge in [0.15, 0.2) is 0 Å². The van der Waals surface area contributed by atoms with Gasteiger partial charge in [0.1, 0.15) is 12.1 Å². The molecule has 2 saturated carbocycles. The molecular weight excluding hydrogens is 508 g/mol. The normalized spacial score (nSPS) is 22.8. The summed E-state index contributed by atoms with van der Waals surface area (Å²) in [4.78, 5) is 28.5. The summed E-state index contributed by atoms with van der Waals surface area (Å²) in [5, 5.41) is 21.5. The molecule has 2 aliphatic carbocycles. The van der Waals surface area contributed by atoms with Gasteiger partial charge in [0, 0.05) is 37.3 Å². The number of aromatic nitrogens is 3. The van der Waals surface area contributed by atoms with E-state index in [9.17, 15) is 23.1 Å². The predicted octanol–water partition coefficient (Wildman–Crippen LogP) is 1.92. The minimum Gasteiger partial charge on any atom is -0.391 e. The van der Waals surface area contributed by atoms with Crippen LogP contribution in [0, 0.1) is 5.41 Å². The van der Waals surface area contributed by atoms with Crippen molar-refractivity contribution in [2.24, 2.45) is 5.41 Å². The second-order valence-corrected chi connectivity index (χ2v) is 13.8. The number of amides is 2. The van der Waals surface area contributed by atoms with Gasteiger partial charge in [-0.25, -0.2) is 13.1 Å². The first-order chi connectivity index (χ1) is 17.9. The number of carbonyl (C=O) groups is 2. The second kappa shape index (κ2) is 9.96. The predicted molar refractivity (Wildman–Crippen MR) is 140 cm³/mol. The van der Waals surface area contributed by atoms with Crippen LogP contribution in [0.5, 0.6) is 0 Å². The third kappa shape index (κ3) is 5.85. The number of nitrogens with one attached hydrogen (secondary N) is 2. The zero-order chi connectivity index (χ0) is 27.2. The molecule has 2 heterocycles. The van der Waals surface area contributed by atoms with Crippen molar-refractivity contribution >= 4 is 27.5 Å². The smallest absolute Gasteiger partial charge is 0.248 e. The molecule has 1 aromatic carbocycles. The number of β-amino-alcohol motifs (C(OH)–C–C–N with tert-alkyl or cyclic N) is 1. The SMILES string of the molecule is CC(C)(C)[C@@H](C(=O)N1C[C@H](O)C[C@H]1C(=O)NCc1cccc(NS(=O)(=O)C2CC2)c1)n1cc(C2CC2)nn1. The summed E-state index contributed by atoms with van der Waals surface area (Å²) in [7, 11) is -3.39. The van der Waals surface area contributed by atoms with Gasteiger partial charge in [0.2, 0.25) is 21.8 Å². The molecule has 1 aromatic heterocycles. The molecule has 1 saturated heterocycles. The quantitative estimate of drug-likeness (QED) is 0.437. The highest BCUT2D eigenvalue weighted by atomic mass is 32.2. The Morgan fingerprint density at radius 3 is 2.58 bits per heavy atom. The lowest BCUT2D eigenvalue weighted by Crippen LogP contribution is -2.50. The van der Waals surface area contributed by atoms with Crippen molar-refractivity contribution < 1.29 is 23.1 Å². The van der Waals surface area contributed by atoms with E-state index in [1.165, 1.54) is 4.90 Å². The molecule has 0 bridgehead atoms. The average molecular weight is 545 g/mol. The molecule has 3 atom stereocenters. The molecular formula is C26H36N6O5S. The maximum absolute atomic E-state index is 13.8. The number of rotatable bonds is 9. The number of carbonyl (C=O) groups excluding carboxylic acids is 2. The largest absolute Gasteiger partial charge is 0.391 e. The Labute approximate surface area is 223 Å². The van der Waals surface area contributed by atoms with E-state index in [2.05, 4.69) is 20.4 Å². The van der Waals surface area contributed by atoms with Crippen LogP contribution in [0.15, 0.2) is 30.5 Å². The zero-order valence-corrected chi connectivity index (χ0v) is 22.8. The van der Waals surface area contributed by atoms with E-state index in [1.54, 1.807) is 28.9 Å². The van der Waals surface area contributed by atoms with Gasteiger partial charge >= 0.3 is 0 Å². The molecule has 38 heavy (non-hydrogen) atoms. The summed E-state index contributed by atoms with van der Waals surface area (Å²) in [6.07, 6.45) is 4.64. The van der Waals surface area contributed by atoms with Crippen molar-refractivity contribution in [1.29, 1.82) is 0 Å². The van der Waals surface area contributed by atoms with Crippen molar-refractivity contribution in [3.8, 4) is 0 Å². The van der Waals surface area contributed by atoms with E-state index in [0.29, 0.717) is 30.0 Å². The zero-order valence-electron chi connectivity index (χ0n) is 22.0. The van der Waals surface area contributed by atoms with Gasteiger partial charge in [-0.2, -0.15) is 0 Å². The van der Waals surface area contributed by atoms with E-state index >= 15 is 0 Å². The standard InChI is InChI=1S/C26H36N6O5S/c1-26(2,3)23(32-15-21(28-30-32)17-7-8-17)25(35)31-14-19(33)12-22(31)24(34)27-13-16-5-4-6-18(11-16)29-38(36,37)20-9-10-20/h4-6,11,15,17,19-20,22-23,29,33H,7-10,12-14H2,1-3H3,(H,27,34)/t19-,22+,23-/m1/s1. The molecule has 5 rings (SSSR count). The highest BCUT2D eigenvalue weighted by Gasteiger charge is 2.45. The molecule has 2 amide bonds. The Balaban J connectivity index is 1.27. The van der Waals surface area contributed by atoms with Crippen molar-refractivity contribution in [1.82, 2.24) is 25.2 Å². The van der Waals surface area contributed by atoms with Crippen LogP contribution >= 0.6 is 0 Å². The van der Waals surface area contributed by atoms with E-state index in [0.717, 1.165) is 18.5 Å². The number of benzene rings is 1. The van der Waals surface area contributed by atoms with Crippen LogP contribution in [0.1, 0.15) is 76.1 Å². The lowest BCUT2D eigenvalue weighted by Gasteiger charge is -2.34. The van der Waals surface area contributed by atoms with Gasteiger partial charge in [0.25, 0.3) is 0 Å². The summed E-state index contributed by atoms with van der Waals surface area (Å²) >= 11 is 0. The number of aliphatic hydroxyl groups excluding tert-OH is 1. The molecule has 0 spiro atoms. The van der Waals surface area contributed by atoms with E-state index < -0.39 is 33.6 Å². The lowest BCUT2D eigenvalue weighted by atomic mass is 9.85. The molecule has 2 aromatic rings. The highest BCUT2D eigenvalue weighted by Crippen LogP contribution is 2.40. The van der Waals surface area contributed by atoms with Gasteiger partial charge in [-0.3, -0.25) is 14.3 Å². The minimum absolute atomic E-state index is 0.0616. The number of hydrogen-bond acceptors (Lipinski definition) is 7. The molecule has 0 radical (unpaired) electrons. The molecule has 11 nitrogen and oxygen atoms in total. The fourth-order valence-corrected chi connectivity index (χ4v) is 6.38. The van der Waals surface area contributed by atoms with Crippen LogP contribution in [0.4, 0.5) is 5.69 Å². The minimum atomic E-state index is -3.39. The number of nitrogens with zero attached hydrogens (tertiary/aromatic N) is 4. The Bertz CT molecular complexity index is 1310. The van der Waals surface area contributed by atoms with Gasteiger partial charge in [-0.05, 0) is 48.8 Å². The number of sulfonamides is 1. The van der Waals surface area contributed by atoms with Gasteiger partial charge in [-0.1, -0.05) is 38.1 Å². The van der Waals surface area contributed by atoms with Crippen LogP contribution in [0.3, 0.4) is 0 Å². The topological polar surface area (TPSA) is 147 Å². The molecule has 3 aliphatic rings. The summed E-state index contributed by atoms with van der Waals surface area (Å²) in [6, 6.07) is 5.36. The Morgan fingerprint density at radius 2 is 1.92 bits per heavy atom.